The highest BCUT2D eigenvalue weighted by molar-refractivity contribution is 5.79. The van der Waals surface area contributed by atoms with Crippen LogP contribution in [0.25, 0.3) is 16.6 Å². The van der Waals surface area contributed by atoms with Crippen LogP contribution < -0.4 is 5.56 Å². The second-order valence-electron chi connectivity index (χ2n) is 9.12. The lowest BCUT2D eigenvalue weighted by molar-refractivity contribution is -0.137. The summed E-state index contributed by atoms with van der Waals surface area (Å²) in [5, 5.41) is 0.532. The van der Waals surface area contributed by atoms with Crippen molar-refractivity contribution < 1.29 is 9.18 Å². The Kier molecular flexibility index (Phi) is 5.98. The van der Waals surface area contributed by atoms with Crippen molar-refractivity contribution in [3.05, 3.63) is 70.5 Å². The minimum atomic E-state index is -0.349. The van der Waals surface area contributed by atoms with Gasteiger partial charge >= 0.3 is 0 Å². The van der Waals surface area contributed by atoms with Crippen LogP contribution in [0, 0.1) is 11.7 Å². The molecule has 5 rings (SSSR count). The maximum absolute atomic E-state index is 13.6. The van der Waals surface area contributed by atoms with Crippen LogP contribution in [0.2, 0.25) is 0 Å². The molecule has 7 heteroatoms. The molecular formula is C26H29FN4O2. The topological polar surface area (TPSA) is 58.4 Å². The molecule has 2 fully saturated rings. The van der Waals surface area contributed by atoms with Crippen LogP contribution in [0.3, 0.4) is 0 Å². The monoisotopic (exact) mass is 448 g/mol. The Balaban J connectivity index is 1.45. The van der Waals surface area contributed by atoms with Crippen LogP contribution in [0.5, 0.6) is 0 Å². The minimum Gasteiger partial charge on any atom is -0.340 e. The van der Waals surface area contributed by atoms with Gasteiger partial charge in [0.15, 0.2) is 0 Å². The number of fused-ring (bicyclic) bond motifs is 1. The van der Waals surface area contributed by atoms with E-state index < -0.39 is 0 Å². The Morgan fingerprint density at radius 2 is 1.67 bits per heavy atom. The Bertz CT molecular complexity index is 1210. The molecule has 0 spiro atoms. The second kappa shape index (κ2) is 9.06. The summed E-state index contributed by atoms with van der Waals surface area (Å²) in [6, 6.07) is 13.1. The van der Waals surface area contributed by atoms with Crippen molar-refractivity contribution >= 4 is 16.8 Å². The Morgan fingerprint density at radius 3 is 2.36 bits per heavy atom. The Hall–Kier alpha value is -3.06. The molecule has 0 bridgehead atoms. The number of carbonyl (C=O) groups excluding carboxylic acids is 1. The van der Waals surface area contributed by atoms with E-state index in [2.05, 4.69) is 4.90 Å². The van der Waals surface area contributed by atoms with E-state index in [9.17, 15) is 14.0 Å². The standard InChI is InChI=1S/C26H29FN4O2/c1-18(29-14-16-30(17-15-29)25(32)19-6-2-3-7-19)24-28-23-9-5-4-8-22(23)26(33)31(24)21-12-10-20(27)11-13-21/h4-5,8-13,18-19H,2-3,6-7,14-17H2,1H3. The number of hydrogen-bond donors (Lipinski definition) is 0. The summed E-state index contributed by atoms with van der Waals surface area (Å²) < 4.78 is 15.2. The fourth-order valence-electron chi connectivity index (χ4n) is 5.19. The molecule has 2 aliphatic rings. The first-order chi connectivity index (χ1) is 16.0. The van der Waals surface area contributed by atoms with Crippen molar-refractivity contribution in [1.82, 2.24) is 19.4 Å². The van der Waals surface area contributed by atoms with E-state index in [1.807, 2.05) is 30.0 Å². The van der Waals surface area contributed by atoms with Crippen LogP contribution in [0.4, 0.5) is 4.39 Å². The number of para-hydroxylation sites is 1. The number of nitrogens with zero attached hydrogens (tertiary/aromatic N) is 4. The molecule has 2 aromatic carbocycles. The van der Waals surface area contributed by atoms with Crippen molar-refractivity contribution in [1.29, 1.82) is 0 Å². The fraction of sp³-hybridized carbons (Fsp3) is 0.423. The van der Waals surface area contributed by atoms with Gasteiger partial charge < -0.3 is 4.90 Å². The molecule has 2 heterocycles. The maximum Gasteiger partial charge on any atom is 0.266 e. The molecule has 0 radical (unpaired) electrons. The van der Waals surface area contributed by atoms with Crippen LogP contribution in [-0.2, 0) is 4.79 Å². The summed E-state index contributed by atoms with van der Waals surface area (Å²) in [6.45, 7) is 4.88. The molecule has 1 saturated carbocycles. The smallest absolute Gasteiger partial charge is 0.266 e. The lowest BCUT2D eigenvalue weighted by atomic mass is 10.1. The summed E-state index contributed by atoms with van der Waals surface area (Å²) in [4.78, 5) is 35.4. The second-order valence-corrected chi connectivity index (χ2v) is 9.12. The molecule has 6 nitrogen and oxygen atoms in total. The van der Waals surface area contributed by atoms with Crippen LogP contribution >= 0.6 is 0 Å². The first-order valence-corrected chi connectivity index (χ1v) is 11.8. The number of amides is 1. The molecule has 3 aromatic rings. The van der Waals surface area contributed by atoms with E-state index in [0.717, 1.165) is 38.8 Å². The first kappa shape index (κ1) is 21.8. The third kappa shape index (κ3) is 4.17. The number of rotatable bonds is 4. The predicted molar refractivity (Wildman–Crippen MR) is 126 cm³/mol. The SMILES string of the molecule is CC(c1nc2ccccc2c(=O)n1-c1ccc(F)cc1)N1CCN(C(=O)C2CCCC2)CC1. The summed E-state index contributed by atoms with van der Waals surface area (Å²) in [5.41, 5.74) is 1.08. The zero-order valence-corrected chi connectivity index (χ0v) is 18.9. The average molecular weight is 449 g/mol. The van der Waals surface area contributed by atoms with E-state index >= 15 is 0 Å². The average Bonchev–Trinajstić information content (AvgIpc) is 3.39. The first-order valence-electron chi connectivity index (χ1n) is 11.8. The van der Waals surface area contributed by atoms with Crippen LogP contribution in [0.1, 0.15) is 44.5 Å². The summed E-state index contributed by atoms with van der Waals surface area (Å²) in [7, 11) is 0. The zero-order valence-electron chi connectivity index (χ0n) is 18.9. The molecule has 172 valence electrons. The van der Waals surface area contributed by atoms with Gasteiger partial charge in [0, 0.05) is 32.1 Å². The Morgan fingerprint density at radius 1 is 1.00 bits per heavy atom. The van der Waals surface area contributed by atoms with Gasteiger partial charge in [-0.3, -0.25) is 19.1 Å². The third-order valence-corrected chi connectivity index (χ3v) is 7.14. The number of aromatic nitrogens is 2. The van der Waals surface area contributed by atoms with Crippen LogP contribution in [0.15, 0.2) is 53.3 Å². The van der Waals surface area contributed by atoms with Crippen molar-refractivity contribution in [2.75, 3.05) is 26.2 Å². The van der Waals surface area contributed by atoms with Gasteiger partial charge in [-0.25, -0.2) is 9.37 Å². The van der Waals surface area contributed by atoms with Crippen molar-refractivity contribution in [2.24, 2.45) is 5.92 Å². The summed E-state index contributed by atoms with van der Waals surface area (Å²) in [5.74, 6) is 0.769. The van der Waals surface area contributed by atoms with Gasteiger partial charge in [0.2, 0.25) is 5.91 Å². The zero-order chi connectivity index (χ0) is 22.9. The van der Waals surface area contributed by atoms with Crippen molar-refractivity contribution in [3.63, 3.8) is 0 Å². The van der Waals surface area contributed by atoms with Crippen LogP contribution in [-0.4, -0.2) is 51.4 Å². The molecule has 1 atom stereocenters. The van der Waals surface area contributed by atoms with Gasteiger partial charge in [-0.1, -0.05) is 25.0 Å². The van der Waals surface area contributed by atoms with E-state index in [1.54, 1.807) is 22.8 Å². The number of carbonyl (C=O) groups is 1. The quantitative estimate of drug-likeness (QED) is 0.607. The van der Waals surface area contributed by atoms with Gasteiger partial charge in [0.1, 0.15) is 11.6 Å². The molecule has 1 aromatic heterocycles. The predicted octanol–water partition coefficient (Wildman–Crippen LogP) is 3.92. The van der Waals surface area contributed by atoms with Gasteiger partial charge in [0.25, 0.3) is 5.56 Å². The molecule has 33 heavy (non-hydrogen) atoms. The molecule has 0 N–H and O–H groups in total. The molecule has 1 aliphatic heterocycles. The maximum atomic E-state index is 13.6. The molecule has 1 unspecified atom stereocenters. The highest BCUT2D eigenvalue weighted by atomic mass is 19.1. The number of halogens is 1. The molecular weight excluding hydrogens is 419 g/mol. The van der Waals surface area contributed by atoms with E-state index in [0.29, 0.717) is 41.4 Å². The van der Waals surface area contributed by atoms with E-state index in [1.165, 1.54) is 12.1 Å². The molecule has 1 saturated heterocycles. The number of benzene rings is 2. The van der Waals surface area contributed by atoms with E-state index in [-0.39, 0.29) is 23.3 Å². The molecule has 1 aliphatic carbocycles. The number of hydrogen-bond acceptors (Lipinski definition) is 4. The van der Waals surface area contributed by atoms with Gasteiger partial charge in [-0.15, -0.1) is 0 Å². The lowest BCUT2D eigenvalue weighted by Gasteiger charge is -2.39. The van der Waals surface area contributed by atoms with Gasteiger partial charge in [0.05, 0.1) is 22.6 Å². The number of piperazine rings is 1. The van der Waals surface area contributed by atoms with Gasteiger partial charge in [-0.2, -0.15) is 0 Å². The van der Waals surface area contributed by atoms with E-state index in [4.69, 9.17) is 4.98 Å². The fourth-order valence-corrected chi connectivity index (χ4v) is 5.19. The van der Waals surface area contributed by atoms with Crippen molar-refractivity contribution in [3.8, 4) is 5.69 Å². The highest BCUT2D eigenvalue weighted by Gasteiger charge is 2.32. The largest absolute Gasteiger partial charge is 0.340 e. The minimum absolute atomic E-state index is 0.143. The highest BCUT2D eigenvalue weighted by Crippen LogP contribution is 2.28. The summed E-state index contributed by atoms with van der Waals surface area (Å²) in [6.07, 6.45) is 4.34. The summed E-state index contributed by atoms with van der Waals surface area (Å²) >= 11 is 0. The van der Waals surface area contributed by atoms with Gasteiger partial charge in [-0.05, 0) is 56.2 Å². The normalized spacial score (nSPS) is 18.7. The molecule has 1 amide bonds. The lowest BCUT2D eigenvalue weighted by Crippen LogP contribution is -2.51. The third-order valence-electron chi connectivity index (χ3n) is 7.14. The Labute approximate surface area is 192 Å². The van der Waals surface area contributed by atoms with Crippen molar-refractivity contribution in [2.45, 2.75) is 38.6 Å².